The normalized spacial score (nSPS) is 21.1. The molecule has 1 atom stereocenters. The van der Waals surface area contributed by atoms with Crippen LogP contribution in [0.5, 0.6) is 0 Å². The molecule has 0 amide bonds. The smallest absolute Gasteiger partial charge is 0.223 e. The maximum absolute atomic E-state index is 12.1. The minimum absolute atomic E-state index is 0.0862. The van der Waals surface area contributed by atoms with Gasteiger partial charge in [-0.15, -0.1) is 0 Å². The van der Waals surface area contributed by atoms with Crippen molar-refractivity contribution in [2.24, 2.45) is 5.73 Å². The van der Waals surface area contributed by atoms with E-state index in [1.54, 1.807) is 6.92 Å². The Hall–Kier alpha value is -0.200. The van der Waals surface area contributed by atoms with Crippen LogP contribution in [0.25, 0.3) is 0 Å². The van der Waals surface area contributed by atoms with Crippen molar-refractivity contribution in [2.45, 2.75) is 37.9 Å². The van der Waals surface area contributed by atoms with Gasteiger partial charge in [0.1, 0.15) is 5.25 Å². The summed E-state index contributed by atoms with van der Waals surface area (Å²) in [5.74, 6) is 0. The molecule has 1 heterocycles. The zero-order valence-corrected chi connectivity index (χ0v) is 10.6. The highest BCUT2D eigenvalue weighted by atomic mass is 32.2. The summed E-state index contributed by atoms with van der Waals surface area (Å²) in [4.78, 5) is 0.0862. The number of thiocarbonyl (C=S) groups is 1. The van der Waals surface area contributed by atoms with Crippen molar-refractivity contribution in [3.63, 3.8) is 0 Å². The van der Waals surface area contributed by atoms with Gasteiger partial charge in [-0.1, -0.05) is 25.6 Å². The molecular weight excluding hydrogens is 232 g/mol. The Labute approximate surface area is 96.9 Å². The molecule has 0 radical (unpaired) electrons. The molecule has 0 aromatic carbocycles. The van der Waals surface area contributed by atoms with Gasteiger partial charge in [-0.3, -0.25) is 0 Å². The number of piperidine rings is 1. The first-order valence-electron chi connectivity index (χ1n) is 5.28. The Morgan fingerprint density at radius 3 is 2.33 bits per heavy atom. The molecule has 1 rings (SSSR count). The molecule has 0 spiro atoms. The van der Waals surface area contributed by atoms with E-state index in [-0.39, 0.29) is 4.99 Å². The second-order valence-corrected chi connectivity index (χ2v) is 6.39. The zero-order valence-electron chi connectivity index (χ0n) is 8.98. The molecule has 0 saturated carbocycles. The van der Waals surface area contributed by atoms with E-state index in [4.69, 9.17) is 18.0 Å². The van der Waals surface area contributed by atoms with Crippen LogP contribution in [0.2, 0.25) is 0 Å². The van der Waals surface area contributed by atoms with Gasteiger partial charge < -0.3 is 5.73 Å². The fourth-order valence-corrected chi connectivity index (χ4v) is 4.23. The quantitative estimate of drug-likeness (QED) is 0.752. The van der Waals surface area contributed by atoms with E-state index in [9.17, 15) is 8.42 Å². The van der Waals surface area contributed by atoms with Crippen LogP contribution < -0.4 is 5.73 Å². The molecular formula is C9H18N2O2S2. The van der Waals surface area contributed by atoms with Crippen molar-refractivity contribution < 1.29 is 8.42 Å². The Kier molecular flexibility index (Phi) is 4.48. The van der Waals surface area contributed by atoms with E-state index in [2.05, 4.69) is 0 Å². The SMILES string of the molecule is CCC(C(N)=S)S(=O)(=O)N1CCCCC1. The van der Waals surface area contributed by atoms with E-state index in [0.29, 0.717) is 19.5 Å². The van der Waals surface area contributed by atoms with Gasteiger partial charge in [0.15, 0.2) is 0 Å². The lowest BCUT2D eigenvalue weighted by Crippen LogP contribution is -2.46. The molecule has 0 aromatic heterocycles. The molecule has 1 fully saturated rings. The minimum Gasteiger partial charge on any atom is -0.392 e. The fraction of sp³-hybridized carbons (Fsp3) is 0.889. The average molecular weight is 250 g/mol. The molecule has 15 heavy (non-hydrogen) atoms. The van der Waals surface area contributed by atoms with Crippen molar-refractivity contribution in [3.05, 3.63) is 0 Å². The fourth-order valence-electron chi connectivity index (χ4n) is 1.86. The van der Waals surface area contributed by atoms with Crippen molar-refractivity contribution >= 4 is 27.2 Å². The van der Waals surface area contributed by atoms with E-state index >= 15 is 0 Å². The lowest BCUT2D eigenvalue weighted by molar-refractivity contribution is 0.344. The minimum atomic E-state index is -3.31. The molecule has 0 aliphatic carbocycles. The van der Waals surface area contributed by atoms with Gasteiger partial charge in [0, 0.05) is 13.1 Å². The number of nitrogens with zero attached hydrogens (tertiary/aromatic N) is 1. The number of nitrogens with two attached hydrogens (primary N) is 1. The largest absolute Gasteiger partial charge is 0.392 e. The first kappa shape index (κ1) is 12.9. The highest BCUT2D eigenvalue weighted by Crippen LogP contribution is 2.18. The summed E-state index contributed by atoms with van der Waals surface area (Å²) in [5, 5.41) is -0.689. The molecule has 0 bridgehead atoms. The molecule has 0 aromatic rings. The van der Waals surface area contributed by atoms with E-state index < -0.39 is 15.3 Å². The lowest BCUT2D eigenvalue weighted by atomic mass is 10.2. The Morgan fingerprint density at radius 1 is 1.40 bits per heavy atom. The summed E-state index contributed by atoms with van der Waals surface area (Å²) in [6, 6.07) is 0. The Balaban J connectivity index is 2.84. The Morgan fingerprint density at radius 2 is 1.93 bits per heavy atom. The third kappa shape index (κ3) is 2.89. The summed E-state index contributed by atoms with van der Waals surface area (Å²) >= 11 is 4.81. The van der Waals surface area contributed by atoms with Crippen LogP contribution in [0, 0.1) is 0 Å². The second kappa shape index (κ2) is 5.23. The molecule has 4 nitrogen and oxygen atoms in total. The van der Waals surface area contributed by atoms with Crippen LogP contribution in [0.1, 0.15) is 32.6 Å². The zero-order chi connectivity index (χ0) is 11.5. The average Bonchev–Trinajstić information content (AvgIpc) is 2.19. The number of hydrogen-bond acceptors (Lipinski definition) is 3. The number of hydrogen-bond donors (Lipinski definition) is 1. The highest BCUT2D eigenvalue weighted by Gasteiger charge is 2.33. The van der Waals surface area contributed by atoms with Gasteiger partial charge in [-0.25, -0.2) is 12.7 Å². The van der Waals surface area contributed by atoms with Crippen molar-refractivity contribution in [1.82, 2.24) is 4.31 Å². The first-order chi connectivity index (χ1) is 7.00. The molecule has 6 heteroatoms. The summed E-state index contributed by atoms with van der Waals surface area (Å²) in [7, 11) is -3.31. The summed E-state index contributed by atoms with van der Waals surface area (Å²) in [6.07, 6.45) is 3.43. The summed E-state index contributed by atoms with van der Waals surface area (Å²) in [5.41, 5.74) is 5.47. The predicted molar refractivity (Wildman–Crippen MR) is 65.2 cm³/mol. The maximum atomic E-state index is 12.1. The number of sulfonamides is 1. The van der Waals surface area contributed by atoms with E-state index in [0.717, 1.165) is 19.3 Å². The third-order valence-electron chi connectivity index (χ3n) is 2.72. The van der Waals surface area contributed by atoms with Crippen LogP contribution in [0.15, 0.2) is 0 Å². The van der Waals surface area contributed by atoms with Crippen LogP contribution in [0.4, 0.5) is 0 Å². The van der Waals surface area contributed by atoms with Crippen LogP contribution in [-0.4, -0.2) is 36.1 Å². The summed E-state index contributed by atoms with van der Waals surface area (Å²) in [6.45, 7) is 3.02. The van der Waals surface area contributed by atoms with Crippen LogP contribution in [0.3, 0.4) is 0 Å². The molecule has 1 aliphatic rings. The molecule has 1 saturated heterocycles. The lowest BCUT2D eigenvalue weighted by Gasteiger charge is -2.29. The van der Waals surface area contributed by atoms with Crippen molar-refractivity contribution in [3.8, 4) is 0 Å². The molecule has 88 valence electrons. The van der Waals surface area contributed by atoms with Gasteiger partial charge in [0.2, 0.25) is 10.0 Å². The van der Waals surface area contributed by atoms with Gasteiger partial charge in [-0.05, 0) is 19.3 Å². The topological polar surface area (TPSA) is 63.4 Å². The van der Waals surface area contributed by atoms with Crippen molar-refractivity contribution in [2.75, 3.05) is 13.1 Å². The van der Waals surface area contributed by atoms with Gasteiger partial charge >= 0.3 is 0 Å². The van der Waals surface area contributed by atoms with Gasteiger partial charge in [0.25, 0.3) is 0 Å². The maximum Gasteiger partial charge on any atom is 0.223 e. The molecule has 1 unspecified atom stereocenters. The predicted octanol–water partition coefficient (Wildman–Crippen LogP) is 0.867. The van der Waals surface area contributed by atoms with E-state index in [1.807, 2.05) is 0 Å². The monoisotopic (exact) mass is 250 g/mol. The molecule has 2 N–H and O–H groups in total. The third-order valence-corrected chi connectivity index (χ3v) is 5.55. The Bertz CT molecular complexity index is 321. The van der Waals surface area contributed by atoms with Crippen LogP contribution in [-0.2, 0) is 10.0 Å². The van der Waals surface area contributed by atoms with Gasteiger partial charge in [-0.2, -0.15) is 0 Å². The second-order valence-electron chi connectivity index (χ2n) is 3.80. The molecule has 1 aliphatic heterocycles. The number of rotatable bonds is 4. The standard InChI is InChI=1S/C9H18N2O2S2/c1-2-8(9(10)14)15(12,13)11-6-4-3-5-7-11/h8H,2-7H2,1H3,(H2,10,14). The highest BCUT2D eigenvalue weighted by molar-refractivity contribution is 7.92. The first-order valence-corrected chi connectivity index (χ1v) is 7.19. The van der Waals surface area contributed by atoms with Crippen LogP contribution >= 0.6 is 12.2 Å². The summed E-state index contributed by atoms with van der Waals surface area (Å²) < 4.78 is 25.8. The van der Waals surface area contributed by atoms with Gasteiger partial charge in [0.05, 0.1) is 4.99 Å². The van der Waals surface area contributed by atoms with Crippen molar-refractivity contribution in [1.29, 1.82) is 0 Å². The van der Waals surface area contributed by atoms with E-state index in [1.165, 1.54) is 4.31 Å².